The zero-order valence-electron chi connectivity index (χ0n) is 9.20. The fourth-order valence-corrected chi connectivity index (χ4v) is 2.80. The van der Waals surface area contributed by atoms with E-state index >= 15 is 0 Å². The summed E-state index contributed by atoms with van der Waals surface area (Å²) >= 11 is 0. The van der Waals surface area contributed by atoms with E-state index in [2.05, 4.69) is 10.2 Å². The van der Waals surface area contributed by atoms with Crippen LogP contribution < -0.4 is 5.19 Å². The van der Waals surface area contributed by atoms with Crippen molar-refractivity contribution in [2.45, 2.75) is 38.0 Å². The van der Waals surface area contributed by atoms with Gasteiger partial charge in [0, 0.05) is 0 Å². The third-order valence-corrected chi connectivity index (χ3v) is 3.76. The minimum Gasteiger partial charge on any atom is -0.478 e. The Morgan fingerprint density at radius 1 is 1.25 bits per heavy atom. The SMILES string of the molecule is O=C(O)c1ccc(C2CCCCC2)cc1[Si]. The predicted molar refractivity (Wildman–Crippen MR) is 64.6 cm³/mol. The lowest BCUT2D eigenvalue weighted by molar-refractivity contribution is 0.0698. The van der Waals surface area contributed by atoms with E-state index in [1.54, 1.807) is 6.07 Å². The summed E-state index contributed by atoms with van der Waals surface area (Å²) in [7, 11) is 3.39. The summed E-state index contributed by atoms with van der Waals surface area (Å²) in [5, 5.41) is 9.63. The average molecular weight is 231 g/mol. The van der Waals surface area contributed by atoms with Gasteiger partial charge in [-0.1, -0.05) is 36.6 Å². The van der Waals surface area contributed by atoms with Crippen LogP contribution in [-0.2, 0) is 0 Å². The summed E-state index contributed by atoms with van der Waals surface area (Å²) in [6.07, 6.45) is 6.39. The number of hydrogen-bond acceptors (Lipinski definition) is 1. The second-order valence-electron chi connectivity index (χ2n) is 4.45. The van der Waals surface area contributed by atoms with Crippen LogP contribution in [0.2, 0.25) is 0 Å². The Balaban J connectivity index is 2.23. The highest BCUT2D eigenvalue weighted by atomic mass is 28.1. The quantitative estimate of drug-likeness (QED) is 0.792. The van der Waals surface area contributed by atoms with Crippen LogP contribution in [0.3, 0.4) is 0 Å². The van der Waals surface area contributed by atoms with Gasteiger partial charge in [-0.05, 0) is 30.4 Å². The second-order valence-corrected chi connectivity index (χ2v) is 4.98. The van der Waals surface area contributed by atoms with Gasteiger partial charge < -0.3 is 5.11 Å². The molecule has 1 fully saturated rings. The minimum atomic E-state index is -0.875. The van der Waals surface area contributed by atoms with Crippen molar-refractivity contribution in [2.24, 2.45) is 0 Å². The van der Waals surface area contributed by atoms with Gasteiger partial charge in [-0.15, -0.1) is 0 Å². The lowest BCUT2D eigenvalue weighted by Gasteiger charge is -2.22. The molecule has 0 bridgehead atoms. The van der Waals surface area contributed by atoms with Crippen LogP contribution in [0, 0.1) is 0 Å². The number of rotatable bonds is 2. The van der Waals surface area contributed by atoms with Crippen LogP contribution in [0.5, 0.6) is 0 Å². The average Bonchev–Trinajstić information content (AvgIpc) is 2.29. The van der Waals surface area contributed by atoms with Crippen molar-refractivity contribution in [3.8, 4) is 0 Å². The standard InChI is InChI=1S/C13H15O2Si/c14-13(15)11-7-6-10(8-12(11)16)9-4-2-1-3-5-9/h6-9H,1-5H2,(H,14,15). The molecule has 1 aromatic carbocycles. The van der Waals surface area contributed by atoms with Crippen molar-refractivity contribution in [3.63, 3.8) is 0 Å². The first-order valence-electron chi connectivity index (χ1n) is 5.77. The highest BCUT2D eigenvalue weighted by Crippen LogP contribution is 2.32. The number of carboxylic acid groups (broad SMARTS) is 1. The van der Waals surface area contributed by atoms with Gasteiger partial charge in [0.15, 0.2) is 0 Å². The van der Waals surface area contributed by atoms with Crippen molar-refractivity contribution in [3.05, 3.63) is 29.3 Å². The Morgan fingerprint density at radius 2 is 1.94 bits per heavy atom. The van der Waals surface area contributed by atoms with Crippen molar-refractivity contribution >= 4 is 21.4 Å². The molecule has 2 rings (SSSR count). The Hall–Kier alpha value is -1.09. The molecule has 1 saturated carbocycles. The van der Waals surface area contributed by atoms with E-state index in [1.807, 2.05) is 12.1 Å². The molecule has 2 nitrogen and oxygen atoms in total. The van der Waals surface area contributed by atoms with Crippen molar-refractivity contribution in [2.75, 3.05) is 0 Å². The molecule has 0 atom stereocenters. The first kappa shape index (κ1) is 11.4. The normalized spacial score (nSPS) is 17.3. The lowest BCUT2D eigenvalue weighted by atomic mass is 9.84. The van der Waals surface area contributed by atoms with Gasteiger partial charge in [-0.3, -0.25) is 0 Å². The third kappa shape index (κ3) is 2.35. The number of carboxylic acids is 1. The zero-order valence-corrected chi connectivity index (χ0v) is 10.2. The van der Waals surface area contributed by atoms with Gasteiger partial charge in [0.05, 0.1) is 15.8 Å². The monoisotopic (exact) mass is 231 g/mol. The van der Waals surface area contributed by atoms with Crippen LogP contribution in [0.1, 0.15) is 53.9 Å². The molecule has 0 heterocycles. The molecule has 0 amide bonds. The van der Waals surface area contributed by atoms with Gasteiger partial charge in [-0.25, -0.2) is 4.79 Å². The number of carbonyl (C=O) groups is 1. The predicted octanol–water partition coefficient (Wildman–Crippen LogP) is 2.23. The van der Waals surface area contributed by atoms with E-state index in [-0.39, 0.29) is 0 Å². The zero-order chi connectivity index (χ0) is 11.5. The number of hydrogen-bond donors (Lipinski definition) is 1. The summed E-state index contributed by atoms with van der Waals surface area (Å²) in [4.78, 5) is 10.9. The second kappa shape index (κ2) is 4.83. The van der Waals surface area contributed by atoms with Gasteiger partial charge in [0.1, 0.15) is 0 Å². The smallest absolute Gasteiger partial charge is 0.335 e. The molecule has 16 heavy (non-hydrogen) atoms. The van der Waals surface area contributed by atoms with E-state index in [0.29, 0.717) is 16.7 Å². The molecule has 1 aliphatic carbocycles. The maximum Gasteiger partial charge on any atom is 0.335 e. The van der Waals surface area contributed by atoms with Gasteiger partial charge in [0.2, 0.25) is 0 Å². The number of benzene rings is 1. The summed E-state index contributed by atoms with van der Waals surface area (Å²) in [5.74, 6) is -0.258. The van der Waals surface area contributed by atoms with E-state index in [0.717, 1.165) is 0 Å². The molecule has 3 radical (unpaired) electrons. The molecule has 0 unspecified atom stereocenters. The van der Waals surface area contributed by atoms with Gasteiger partial charge in [0.25, 0.3) is 0 Å². The van der Waals surface area contributed by atoms with E-state index in [4.69, 9.17) is 5.11 Å². The van der Waals surface area contributed by atoms with Crippen LogP contribution in [0.25, 0.3) is 0 Å². The van der Waals surface area contributed by atoms with Crippen molar-refractivity contribution in [1.29, 1.82) is 0 Å². The molecule has 3 heteroatoms. The molecule has 83 valence electrons. The topological polar surface area (TPSA) is 37.3 Å². The van der Waals surface area contributed by atoms with Crippen LogP contribution >= 0.6 is 0 Å². The summed E-state index contributed by atoms with van der Waals surface area (Å²) < 4.78 is 0. The molecule has 0 aliphatic heterocycles. The first-order chi connectivity index (χ1) is 7.68. The highest BCUT2D eigenvalue weighted by molar-refractivity contribution is 6.36. The molecule has 0 saturated heterocycles. The molecule has 1 N–H and O–H groups in total. The Bertz CT molecular complexity index is 395. The molecule has 0 aromatic heterocycles. The third-order valence-electron chi connectivity index (χ3n) is 3.35. The lowest BCUT2D eigenvalue weighted by Crippen LogP contribution is -2.17. The molecular formula is C13H15O2Si. The maximum atomic E-state index is 10.9. The largest absolute Gasteiger partial charge is 0.478 e. The maximum absolute atomic E-state index is 10.9. The van der Waals surface area contributed by atoms with Crippen LogP contribution in [0.15, 0.2) is 18.2 Å². The highest BCUT2D eigenvalue weighted by Gasteiger charge is 2.16. The minimum absolute atomic E-state index is 0.344. The molecule has 1 aliphatic rings. The fraction of sp³-hybridized carbons (Fsp3) is 0.462. The summed E-state index contributed by atoms with van der Waals surface area (Å²) in [5.41, 5.74) is 1.62. The van der Waals surface area contributed by atoms with Crippen LogP contribution in [0.4, 0.5) is 0 Å². The van der Waals surface area contributed by atoms with Crippen molar-refractivity contribution in [1.82, 2.24) is 0 Å². The van der Waals surface area contributed by atoms with E-state index in [9.17, 15) is 4.79 Å². The van der Waals surface area contributed by atoms with Crippen LogP contribution in [-0.4, -0.2) is 21.3 Å². The number of aromatic carboxylic acids is 1. The van der Waals surface area contributed by atoms with Gasteiger partial charge in [-0.2, -0.15) is 0 Å². The first-order valence-corrected chi connectivity index (χ1v) is 6.27. The van der Waals surface area contributed by atoms with Crippen molar-refractivity contribution < 1.29 is 9.90 Å². The Labute approximate surface area is 99.1 Å². The molecular weight excluding hydrogens is 216 g/mol. The summed E-state index contributed by atoms with van der Waals surface area (Å²) in [6.45, 7) is 0. The van der Waals surface area contributed by atoms with E-state index < -0.39 is 5.97 Å². The summed E-state index contributed by atoms with van der Waals surface area (Å²) in [6, 6.07) is 5.63. The Morgan fingerprint density at radius 3 is 2.50 bits per heavy atom. The fourth-order valence-electron chi connectivity index (χ4n) is 2.44. The van der Waals surface area contributed by atoms with E-state index in [1.165, 1.54) is 37.7 Å². The molecule has 1 aromatic rings. The van der Waals surface area contributed by atoms with Gasteiger partial charge >= 0.3 is 5.97 Å². The Kier molecular flexibility index (Phi) is 3.44. The molecule has 0 spiro atoms.